The third kappa shape index (κ3) is 5.12. The van der Waals surface area contributed by atoms with E-state index in [0.717, 1.165) is 43.0 Å². The lowest BCUT2D eigenvalue weighted by molar-refractivity contribution is 0.109. The molecule has 1 aliphatic rings. The van der Waals surface area contributed by atoms with Gasteiger partial charge in [-0.3, -0.25) is 4.90 Å². The molecule has 0 radical (unpaired) electrons. The van der Waals surface area contributed by atoms with Crippen molar-refractivity contribution in [1.29, 1.82) is 0 Å². The largest absolute Gasteiger partial charge is 0.398 e. The molecule has 142 valence electrons. The number of hydrogen-bond donors (Lipinski definition) is 1. The van der Waals surface area contributed by atoms with Gasteiger partial charge in [0.1, 0.15) is 5.82 Å². The average molecular weight is 386 g/mol. The molecule has 3 rings (SSSR count). The fraction of sp³-hybridized carbons (Fsp3) is 0.273. The molecular formula is C22H25ClFN3. The van der Waals surface area contributed by atoms with Crippen LogP contribution in [0, 0.1) is 5.82 Å². The molecule has 1 unspecified atom stereocenters. The highest BCUT2D eigenvalue weighted by atomic mass is 35.5. The van der Waals surface area contributed by atoms with Crippen LogP contribution in [0.4, 0.5) is 10.1 Å². The molecule has 0 bridgehead atoms. The zero-order valence-electron chi connectivity index (χ0n) is 15.5. The van der Waals surface area contributed by atoms with Gasteiger partial charge in [0.25, 0.3) is 0 Å². The number of benzene rings is 2. The molecule has 1 heterocycles. The van der Waals surface area contributed by atoms with Gasteiger partial charge in [-0.15, -0.1) is 0 Å². The standard InChI is InChI=1S/C22H25ClFN3/c1-16(3-6-19-13-20(23)7-10-22(19)25)27-12-11-26(14-17(27)2)15-18-4-8-21(24)9-5-18/h3-10,13,17H,1,11-12,14-15,25H2,2H3/b6-3+. The molecule has 27 heavy (non-hydrogen) atoms. The minimum absolute atomic E-state index is 0.194. The maximum Gasteiger partial charge on any atom is 0.123 e. The number of anilines is 1. The third-order valence-corrected chi connectivity index (χ3v) is 5.14. The second-order valence-corrected chi connectivity index (χ2v) is 7.44. The quantitative estimate of drug-likeness (QED) is 0.593. The fourth-order valence-electron chi connectivity index (χ4n) is 3.42. The van der Waals surface area contributed by atoms with Gasteiger partial charge < -0.3 is 10.6 Å². The zero-order valence-corrected chi connectivity index (χ0v) is 16.3. The van der Waals surface area contributed by atoms with Crippen LogP contribution in [-0.2, 0) is 6.54 Å². The van der Waals surface area contributed by atoms with Crippen molar-refractivity contribution in [1.82, 2.24) is 9.80 Å². The molecule has 2 aromatic carbocycles. The Bertz CT molecular complexity index is 832. The predicted octanol–water partition coefficient (Wildman–Crippen LogP) is 4.79. The summed E-state index contributed by atoms with van der Waals surface area (Å²) in [5.74, 6) is -0.194. The molecule has 0 aromatic heterocycles. The first kappa shape index (κ1) is 19.5. The summed E-state index contributed by atoms with van der Waals surface area (Å²) in [7, 11) is 0. The lowest BCUT2D eigenvalue weighted by atomic mass is 10.1. The normalized spacial score (nSPS) is 18.2. The molecule has 0 amide bonds. The summed E-state index contributed by atoms with van der Waals surface area (Å²) in [5, 5.41) is 0.664. The first-order valence-corrected chi connectivity index (χ1v) is 9.45. The van der Waals surface area contributed by atoms with Crippen LogP contribution in [-0.4, -0.2) is 35.5 Å². The number of halogens is 2. The highest BCUT2D eigenvalue weighted by molar-refractivity contribution is 6.30. The van der Waals surface area contributed by atoms with Crippen molar-refractivity contribution in [3.8, 4) is 0 Å². The predicted molar refractivity (Wildman–Crippen MR) is 112 cm³/mol. The number of allylic oxidation sites excluding steroid dienone is 1. The van der Waals surface area contributed by atoms with Crippen LogP contribution in [0.5, 0.6) is 0 Å². The van der Waals surface area contributed by atoms with Crippen LogP contribution in [0.15, 0.2) is 60.8 Å². The Labute approximate surface area is 165 Å². The van der Waals surface area contributed by atoms with Crippen molar-refractivity contribution in [2.24, 2.45) is 0 Å². The molecule has 3 nitrogen and oxygen atoms in total. The lowest BCUT2D eigenvalue weighted by Gasteiger charge is -2.41. The van der Waals surface area contributed by atoms with E-state index in [9.17, 15) is 4.39 Å². The van der Waals surface area contributed by atoms with Crippen LogP contribution < -0.4 is 5.73 Å². The Morgan fingerprint density at radius 3 is 2.70 bits per heavy atom. The van der Waals surface area contributed by atoms with Gasteiger partial charge in [0.05, 0.1) is 0 Å². The second kappa shape index (κ2) is 8.59. The molecule has 1 aliphatic heterocycles. The SMILES string of the molecule is C=C(/C=C/c1cc(Cl)ccc1N)N1CCN(Cc2ccc(F)cc2)CC1C. The number of nitrogens with zero attached hydrogens (tertiary/aromatic N) is 2. The molecule has 0 spiro atoms. The Morgan fingerprint density at radius 1 is 1.26 bits per heavy atom. The van der Waals surface area contributed by atoms with E-state index < -0.39 is 0 Å². The molecule has 2 N–H and O–H groups in total. The van der Waals surface area contributed by atoms with E-state index in [1.54, 1.807) is 6.07 Å². The number of rotatable bonds is 5. The van der Waals surface area contributed by atoms with E-state index >= 15 is 0 Å². The van der Waals surface area contributed by atoms with E-state index in [0.29, 0.717) is 16.8 Å². The minimum atomic E-state index is -0.194. The van der Waals surface area contributed by atoms with E-state index in [1.807, 2.05) is 36.4 Å². The van der Waals surface area contributed by atoms with Crippen LogP contribution >= 0.6 is 11.6 Å². The zero-order chi connectivity index (χ0) is 19.4. The fourth-order valence-corrected chi connectivity index (χ4v) is 3.60. The number of hydrogen-bond acceptors (Lipinski definition) is 3. The average Bonchev–Trinajstić information content (AvgIpc) is 2.64. The maximum absolute atomic E-state index is 13.1. The van der Waals surface area contributed by atoms with Crippen molar-refractivity contribution in [3.63, 3.8) is 0 Å². The Kier molecular flexibility index (Phi) is 6.19. The van der Waals surface area contributed by atoms with Crippen molar-refractivity contribution in [2.75, 3.05) is 25.4 Å². The van der Waals surface area contributed by atoms with E-state index in [-0.39, 0.29) is 5.82 Å². The van der Waals surface area contributed by atoms with Crippen molar-refractivity contribution in [3.05, 3.63) is 82.8 Å². The number of nitrogens with two attached hydrogens (primary N) is 1. The summed E-state index contributed by atoms with van der Waals surface area (Å²) in [6.45, 7) is 10.0. The van der Waals surface area contributed by atoms with E-state index in [2.05, 4.69) is 23.3 Å². The molecule has 1 saturated heterocycles. The molecule has 1 atom stereocenters. The first-order chi connectivity index (χ1) is 12.9. The summed E-state index contributed by atoms with van der Waals surface area (Å²) in [6, 6.07) is 12.5. The second-order valence-electron chi connectivity index (χ2n) is 7.00. The monoisotopic (exact) mass is 385 g/mol. The van der Waals surface area contributed by atoms with Crippen molar-refractivity contribution < 1.29 is 4.39 Å². The summed E-state index contributed by atoms with van der Waals surface area (Å²) in [4.78, 5) is 4.69. The summed E-state index contributed by atoms with van der Waals surface area (Å²) in [6.07, 6.45) is 3.95. The highest BCUT2D eigenvalue weighted by Gasteiger charge is 2.23. The molecule has 0 aliphatic carbocycles. The molecular weight excluding hydrogens is 361 g/mol. The van der Waals surface area contributed by atoms with Gasteiger partial charge in [0.15, 0.2) is 0 Å². The van der Waals surface area contributed by atoms with Gasteiger partial charge in [0.2, 0.25) is 0 Å². The van der Waals surface area contributed by atoms with Crippen LogP contribution in [0.1, 0.15) is 18.1 Å². The van der Waals surface area contributed by atoms with Gasteiger partial charge in [-0.2, -0.15) is 0 Å². The van der Waals surface area contributed by atoms with Gasteiger partial charge >= 0.3 is 0 Å². The number of piperazine rings is 1. The highest BCUT2D eigenvalue weighted by Crippen LogP contribution is 2.22. The van der Waals surface area contributed by atoms with E-state index in [4.69, 9.17) is 17.3 Å². The molecule has 0 saturated carbocycles. The summed E-state index contributed by atoms with van der Waals surface area (Å²) in [5.41, 5.74) is 9.68. The van der Waals surface area contributed by atoms with Crippen LogP contribution in [0.3, 0.4) is 0 Å². The Hall–Kier alpha value is -2.30. The Morgan fingerprint density at radius 2 is 2.00 bits per heavy atom. The molecule has 2 aromatic rings. The van der Waals surface area contributed by atoms with E-state index in [1.165, 1.54) is 12.1 Å². The van der Waals surface area contributed by atoms with Crippen LogP contribution in [0.2, 0.25) is 5.02 Å². The maximum atomic E-state index is 13.1. The lowest BCUT2D eigenvalue weighted by Crippen LogP contribution is -2.50. The first-order valence-electron chi connectivity index (χ1n) is 9.08. The summed E-state index contributed by atoms with van der Waals surface area (Å²) < 4.78 is 13.1. The topological polar surface area (TPSA) is 32.5 Å². The third-order valence-electron chi connectivity index (χ3n) is 4.90. The van der Waals surface area contributed by atoms with Gasteiger partial charge in [-0.1, -0.05) is 36.4 Å². The molecule has 1 fully saturated rings. The minimum Gasteiger partial charge on any atom is -0.398 e. The summed E-state index contributed by atoms with van der Waals surface area (Å²) >= 11 is 6.05. The van der Waals surface area contributed by atoms with Crippen molar-refractivity contribution in [2.45, 2.75) is 19.5 Å². The molecule has 5 heteroatoms. The van der Waals surface area contributed by atoms with Crippen LogP contribution in [0.25, 0.3) is 6.08 Å². The Balaban J connectivity index is 1.58. The van der Waals surface area contributed by atoms with Gasteiger partial charge in [-0.05, 0) is 54.5 Å². The van der Waals surface area contributed by atoms with Crippen molar-refractivity contribution >= 4 is 23.4 Å². The van der Waals surface area contributed by atoms with Gasteiger partial charge in [0, 0.05) is 48.6 Å². The van der Waals surface area contributed by atoms with Gasteiger partial charge in [-0.25, -0.2) is 4.39 Å². The number of nitrogen functional groups attached to an aromatic ring is 1. The smallest absolute Gasteiger partial charge is 0.123 e.